The molecular formula is C15H18N4O5S. The minimum absolute atomic E-state index is 0.258. The Morgan fingerprint density at radius 2 is 2.12 bits per heavy atom. The summed E-state index contributed by atoms with van der Waals surface area (Å²) in [7, 11) is 1.57. The normalized spacial score (nSPS) is 22.6. The smallest absolute Gasteiger partial charge is 0.325 e. The van der Waals surface area contributed by atoms with Gasteiger partial charge in [0.15, 0.2) is 0 Å². The molecule has 2 aromatic rings. The molecule has 3 atom stereocenters. The van der Waals surface area contributed by atoms with Gasteiger partial charge in [-0.25, -0.2) is 4.79 Å². The Morgan fingerprint density at radius 1 is 1.36 bits per heavy atom. The van der Waals surface area contributed by atoms with Crippen LogP contribution in [0.1, 0.15) is 17.5 Å². The number of aliphatic hydroxyl groups is 2. The van der Waals surface area contributed by atoms with Crippen molar-refractivity contribution in [3.05, 3.63) is 29.3 Å². The first-order valence-electron chi connectivity index (χ1n) is 7.59. The lowest BCUT2D eigenvalue weighted by Gasteiger charge is -2.09. The van der Waals surface area contributed by atoms with Crippen LogP contribution in [0, 0.1) is 0 Å². The Labute approximate surface area is 147 Å². The van der Waals surface area contributed by atoms with E-state index in [1.54, 1.807) is 31.4 Å². The fraction of sp³-hybridized carbons (Fsp3) is 0.400. The number of carbonyl (C=O) groups excluding carboxylic acids is 1. The lowest BCUT2D eigenvalue weighted by atomic mass is 10.1. The third-order valence-corrected chi connectivity index (χ3v) is 4.62. The van der Waals surface area contributed by atoms with Crippen LogP contribution in [-0.4, -0.2) is 52.4 Å². The molecule has 0 radical (unpaired) electrons. The zero-order valence-electron chi connectivity index (χ0n) is 13.4. The summed E-state index contributed by atoms with van der Waals surface area (Å²) in [5.41, 5.74) is 0.607. The second kappa shape index (κ2) is 7.74. The van der Waals surface area contributed by atoms with E-state index in [-0.39, 0.29) is 6.61 Å². The second-order valence-corrected chi connectivity index (χ2v) is 6.41. The van der Waals surface area contributed by atoms with Crippen molar-refractivity contribution in [2.24, 2.45) is 0 Å². The number of nitrogens with one attached hydrogen (secondary N) is 2. The number of carbonyl (C=O) groups is 1. The molecule has 1 aliphatic rings. The standard InChI is InChI=1S/C15H18N4O5S/c1-23-9-4-2-8(3-5-9)16-14(22)17-15-19-18-13(25-15)11-6-10(21)12(7-20)24-11/h2-5,10-12,20-21H,6-7H2,1H3,(H2,16,17,19,22)/t10-,11+,12+/m0/s1. The summed E-state index contributed by atoms with van der Waals surface area (Å²) in [5.74, 6) is 0.694. The van der Waals surface area contributed by atoms with Crippen molar-refractivity contribution in [1.29, 1.82) is 0 Å². The number of urea groups is 1. The van der Waals surface area contributed by atoms with Gasteiger partial charge in [-0.05, 0) is 24.3 Å². The number of hydrogen-bond acceptors (Lipinski definition) is 8. The van der Waals surface area contributed by atoms with Gasteiger partial charge in [0.05, 0.1) is 19.8 Å². The number of benzene rings is 1. The van der Waals surface area contributed by atoms with Gasteiger partial charge in [0, 0.05) is 12.1 Å². The van der Waals surface area contributed by atoms with Gasteiger partial charge in [-0.15, -0.1) is 10.2 Å². The van der Waals surface area contributed by atoms with Crippen molar-refractivity contribution in [3.63, 3.8) is 0 Å². The molecule has 25 heavy (non-hydrogen) atoms. The number of aromatic nitrogens is 2. The van der Waals surface area contributed by atoms with Crippen molar-refractivity contribution in [1.82, 2.24) is 10.2 Å². The van der Waals surface area contributed by atoms with E-state index < -0.39 is 24.3 Å². The largest absolute Gasteiger partial charge is 0.497 e. The molecule has 1 aromatic carbocycles. The molecule has 134 valence electrons. The molecule has 1 aliphatic heterocycles. The van der Waals surface area contributed by atoms with E-state index in [4.69, 9.17) is 14.6 Å². The van der Waals surface area contributed by atoms with Crippen LogP contribution in [0.25, 0.3) is 0 Å². The molecular weight excluding hydrogens is 348 g/mol. The van der Waals surface area contributed by atoms with Crippen LogP contribution in [0.15, 0.2) is 24.3 Å². The SMILES string of the molecule is COc1ccc(NC(=O)Nc2nnc([C@H]3C[C@H](O)[C@@H](CO)O3)s2)cc1. The summed E-state index contributed by atoms with van der Waals surface area (Å²) in [6.07, 6.45) is -1.47. The molecule has 0 bridgehead atoms. The van der Waals surface area contributed by atoms with Crippen LogP contribution in [0.5, 0.6) is 5.75 Å². The van der Waals surface area contributed by atoms with Crippen molar-refractivity contribution >= 4 is 28.2 Å². The molecule has 0 aliphatic carbocycles. The van der Waals surface area contributed by atoms with Gasteiger partial charge >= 0.3 is 6.03 Å². The van der Waals surface area contributed by atoms with E-state index in [2.05, 4.69) is 20.8 Å². The third kappa shape index (κ3) is 4.23. The summed E-state index contributed by atoms with van der Waals surface area (Å²) >= 11 is 1.16. The average Bonchev–Trinajstić information content (AvgIpc) is 3.21. The lowest BCUT2D eigenvalue weighted by Crippen LogP contribution is -2.24. The highest BCUT2D eigenvalue weighted by molar-refractivity contribution is 7.15. The van der Waals surface area contributed by atoms with Crippen LogP contribution in [-0.2, 0) is 4.74 Å². The molecule has 1 fully saturated rings. The van der Waals surface area contributed by atoms with Crippen molar-refractivity contribution in [3.8, 4) is 5.75 Å². The van der Waals surface area contributed by atoms with Gasteiger partial charge in [-0.1, -0.05) is 11.3 Å². The molecule has 10 heteroatoms. The predicted octanol–water partition coefficient (Wildman–Crippen LogP) is 1.37. The number of aliphatic hydroxyl groups excluding tert-OH is 2. The molecule has 9 nitrogen and oxygen atoms in total. The van der Waals surface area contributed by atoms with Crippen molar-refractivity contribution in [2.75, 3.05) is 24.4 Å². The van der Waals surface area contributed by atoms with Gasteiger partial charge in [-0.3, -0.25) is 5.32 Å². The first kappa shape index (κ1) is 17.5. The zero-order chi connectivity index (χ0) is 17.8. The van der Waals surface area contributed by atoms with E-state index in [1.807, 2.05) is 0 Å². The maximum absolute atomic E-state index is 12.0. The van der Waals surface area contributed by atoms with Crippen molar-refractivity contribution in [2.45, 2.75) is 24.7 Å². The number of hydrogen-bond donors (Lipinski definition) is 4. The molecule has 4 N–H and O–H groups in total. The number of anilines is 2. The van der Waals surface area contributed by atoms with Crippen LogP contribution in [0.3, 0.4) is 0 Å². The maximum Gasteiger partial charge on any atom is 0.325 e. The molecule has 0 saturated carbocycles. The monoisotopic (exact) mass is 366 g/mol. The van der Waals surface area contributed by atoms with Gasteiger partial charge < -0.3 is 25.0 Å². The van der Waals surface area contributed by atoms with E-state index in [0.717, 1.165) is 11.3 Å². The molecule has 2 amide bonds. The fourth-order valence-electron chi connectivity index (χ4n) is 2.40. The predicted molar refractivity (Wildman–Crippen MR) is 90.9 cm³/mol. The Kier molecular flexibility index (Phi) is 5.43. The van der Waals surface area contributed by atoms with Crippen LogP contribution in [0.2, 0.25) is 0 Å². The lowest BCUT2D eigenvalue weighted by molar-refractivity contribution is -0.0227. The molecule has 1 saturated heterocycles. The summed E-state index contributed by atoms with van der Waals surface area (Å²) in [6.45, 7) is -0.258. The molecule has 2 heterocycles. The Bertz CT molecular complexity index is 723. The minimum Gasteiger partial charge on any atom is -0.497 e. The topological polar surface area (TPSA) is 126 Å². The quantitative estimate of drug-likeness (QED) is 0.630. The molecule has 3 rings (SSSR count). The number of methoxy groups -OCH3 is 1. The Hall–Kier alpha value is -2.27. The highest BCUT2D eigenvalue weighted by Crippen LogP contribution is 2.35. The highest BCUT2D eigenvalue weighted by Gasteiger charge is 2.36. The molecule has 1 aromatic heterocycles. The van der Waals surface area contributed by atoms with Crippen molar-refractivity contribution < 1.29 is 24.5 Å². The van der Waals surface area contributed by atoms with Gasteiger partial charge in [0.25, 0.3) is 0 Å². The van der Waals surface area contributed by atoms with E-state index in [0.29, 0.717) is 28.0 Å². The minimum atomic E-state index is -0.742. The van der Waals surface area contributed by atoms with E-state index in [9.17, 15) is 9.90 Å². The first-order chi connectivity index (χ1) is 12.1. The summed E-state index contributed by atoms with van der Waals surface area (Å²) in [5, 5.41) is 32.9. The zero-order valence-corrected chi connectivity index (χ0v) is 14.2. The fourth-order valence-corrected chi connectivity index (χ4v) is 3.19. The number of rotatable bonds is 5. The Morgan fingerprint density at radius 3 is 2.76 bits per heavy atom. The van der Waals surface area contributed by atoms with Gasteiger partial charge in [0.1, 0.15) is 23.0 Å². The third-order valence-electron chi connectivity index (χ3n) is 3.69. The molecule has 0 spiro atoms. The summed E-state index contributed by atoms with van der Waals surface area (Å²) < 4.78 is 10.6. The molecule has 0 unspecified atom stereocenters. The van der Waals surface area contributed by atoms with E-state index in [1.165, 1.54) is 0 Å². The summed E-state index contributed by atoms with van der Waals surface area (Å²) in [6, 6.07) is 6.45. The van der Waals surface area contributed by atoms with Gasteiger partial charge in [0.2, 0.25) is 5.13 Å². The average molecular weight is 366 g/mol. The first-order valence-corrected chi connectivity index (χ1v) is 8.40. The number of nitrogens with zero attached hydrogens (tertiary/aromatic N) is 2. The van der Waals surface area contributed by atoms with E-state index >= 15 is 0 Å². The van der Waals surface area contributed by atoms with Crippen LogP contribution in [0.4, 0.5) is 15.6 Å². The maximum atomic E-state index is 12.0. The number of ether oxygens (including phenoxy) is 2. The number of amides is 2. The van der Waals surface area contributed by atoms with Crippen LogP contribution >= 0.6 is 11.3 Å². The van der Waals surface area contributed by atoms with Gasteiger partial charge in [-0.2, -0.15) is 0 Å². The summed E-state index contributed by atoms with van der Waals surface area (Å²) in [4.78, 5) is 12.0. The Balaban J connectivity index is 1.56. The van der Waals surface area contributed by atoms with Crippen LogP contribution < -0.4 is 15.4 Å². The highest BCUT2D eigenvalue weighted by atomic mass is 32.1. The second-order valence-electron chi connectivity index (χ2n) is 5.40.